The first kappa shape index (κ1) is 12.4. The summed E-state index contributed by atoms with van der Waals surface area (Å²) in [6, 6.07) is 0.301. The Bertz CT molecular complexity index is 211. The van der Waals surface area contributed by atoms with Crippen LogP contribution in [0.3, 0.4) is 0 Å². The Hall–Kier alpha value is -0.650. The maximum absolute atomic E-state index is 11.7. The first-order valence-corrected chi connectivity index (χ1v) is 5.41. The third-order valence-corrected chi connectivity index (χ3v) is 2.89. The Morgan fingerprint density at radius 1 is 1.67 bits per heavy atom. The van der Waals surface area contributed by atoms with E-state index >= 15 is 0 Å². The summed E-state index contributed by atoms with van der Waals surface area (Å²) in [7, 11) is 1.64. The first-order chi connectivity index (χ1) is 7.16. The van der Waals surface area contributed by atoms with Gasteiger partial charge in [0.25, 0.3) is 0 Å². The molecular weight excluding hydrogens is 194 g/mol. The molecule has 0 bridgehead atoms. The Kier molecular flexibility index (Phi) is 5.01. The molecule has 88 valence electrons. The number of carbonyl (C=O) groups is 1. The molecule has 1 heterocycles. The summed E-state index contributed by atoms with van der Waals surface area (Å²) >= 11 is 0. The van der Waals surface area contributed by atoms with E-state index in [0.717, 1.165) is 13.0 Å². The van der Waals surface area contributed by atoms with Crippen LogP contribution < -0.4 is 11.1 Å². The zero-order chi connectivity index (χ0) is 11.3. The first-order valence-electron chi connectivity index (χ1n) is 5.41. The summed E-state index contributed by atoms with van der Waals surface area (Å²) in [5.41, 5.74) is 5.85. The van der Waals surface area contributed by atoms with Crippen LogP contribution in [0.15, 0.2) is 0 Å². The summed E-state index contributed by atoms with van der Waals surface area (Å²) in [5, 5.41) is 3.04. The van der Waals surface area contributed by atoms with Gasteiger partial charge in [0.15, 0.2) is 0 Å². The molecule has 0 radical (unpaired) electrons. The minimum Gasteiger partial charge on any atom is -0.383 e. The van der Waals surface area contributed by atoms with Crippen molar-refractivity contribution in [3.63, 3.8) is 0 Å². The molecule has 0 spiro atoms. The van der Waals surface area contributed by atoms with Gasteiger partial charge in [-0.3, -0.25) is 4.79 Å². The molecular formula is C10H21N3O2. The largest absolute Gasteiger partial charge is 0.383 e. The van der Waals surface area contributed by atoms with Crippen LogP contribution in [0, 0.1) is 0 Å². The molecule has 1 saturated heterocycles. The topological polar surface area (TPSA) is 67.6 Å². The minimum absolute atomic E-state index is 0.131. The fraction of sp³-hybridized carbons (Fsp3) is 0.900. The number of methoxy groups -OCH3 is 1. The number of nitrogens with zero attached hydrogens (tertiary/aromatic N) is 1. The molecule has 0 aromatic rings. The Morgan fingerprint density at radius 3 is 2.93 bits per heavy atom. The van der Waals surface area contributed by atoms with Gasteiger partial charge in [0.05, 0.1) is 13.2 Å². The highest BCUT2D eigenvalue weighted by molar-refractivity contribution is 5.79. The SMILES string of the molecule is COCCNCC(=O)N1CCC(N)C1C. The normalized spacial score (nSPS) is 25.9. The van der Waals surface area contributed by atoms with Gasteiger partial charge in [0.1, 0.15) is 0 Å². The van der Waals surface area contributed by atoms with E-state index in [2.05, 4.69) is 5.32 Å². The van der Waals surface area contributed by atoms with Crippen LogP contribution in [-0.4, -0.2) is 56.2 Å². The summed E-state index contributed by atoms with van der Waals surface area (Å²) in [5.74, 6) is 0.131. The number of hydrogen-bond acceptors (Lipinski definition) is 4. The van der Waals surface area contributed by atoms with Crippen LogP contribution >= 0.6 is 0 Å². The lowest BCUT2D eigenvalue weighted by atomic mass is 10.2. The third kappa shape index (κ3) is 3.44. The van der Waals surface area contributed by atoms with Crippen LogP contribution in [0.25, 0.3) is 0 Å². The van der Waals surface area contributed by atoms with Crippen molar-refractivity contribution < 1.29 is 9.53 Å². The predicted molar refractivity (Wildman–Crippen MR) is 58.5 cm³/mol. The van der Waals surface area contributed by atoms with Crippen molar-refractivity contribution in [1.82, 2.24) is 10.2 Å². The van der Waals surface area contributed by atoms with E-state index < -0.39 is 0 Å². The quantitative estimate of drug-likeness (QED) is 0.587. The van der Waals surface area contributed by atoms with E-state index in [0.29, 0.717) is 19.7 Å². The summed E-state index contributed by atoms with van der Waals surface area (Å²) in [4.78, 5) is 13.6. The number of hydrogen-bond donors (Lipinski definition) is 2. The van der Waals surface area contributed by atoms with Crippen molar-refractivity contribution in [2.24, 2.45) is 5.73 Å². The van der Waals surface area contributed by atoms with E-state index in [-0.39, 0.29) is 18.0 Å². The highest BCUT2D eigenvalue weighted by Crippen LogP contribution is 2.15. The molecule has 5 heteroatoms. The second-order valence-corrected chi connectivity index (χ2v) is 3.95. The van der Waals surface area contributed by atoms with Crippen molar-refractivity contribution in [1.29, 1.82) is 0 Å². The van der Waals surface area contributed by atoms with E-state index in [9.17, 15) is 4.79 Å². The van der Waals surface area contributed by atoms with Gasteiger partial charge in [0.2, 0.25) is 5.91 Å². The summed E-state index contributed by atoms with van der Waals surface area (Å²) in [6.45, 7) is 4.50. The molecule has 3 N–H and O–H groups in total. The number of ether oxygens (including phenoxy) is 1. The molecule has 2 atom stereocenters. The van der Waals surface area contributed by atoms with Gasteiger partial charge >= 0.3 is 0 Å². The fourth-order valence-electron chi connectivity index (χ4n) is 1.79. The monoisotopic (exact) mass is 215 g/mol. The molecule has 1 amide bonds. The smallest absolute Gasteiger partial charge is 0.236 e. The lowest BCUT2D eigenvalue weighted by Crippen LogP contribution is -2.44. The zero-order valence-corrected chi connectivity index (χ0v) is 9.53. The Balaban J connectivity index is 2.22. The number of amides is 1. The zero-order valence-electron chi connectivity index (χ0n) is 9.53. The number of carbonyl (C=O) groups excluding carboxylic acids is 1. The van der Waals surface area contributed by atoms with Gasteiger partial charge in [-0.2, -0.15) is 0 Å². The number of nitrogens with two attached hydrogens (primary N) is 1. The van der Waals surface area contributed by atoms with E-state index in [1.807, 2.05) is 11.8 Å². The van der Waals surface area contributed by atoms with Gasteiger partial charge in [-0.15, -0.1) is 0 Å². The van der Waals surface area contributed by atoms with Gasteiger partial charge in [-0.05, 0) is 13.3 Å². The van der Waals surface area contributed by atoms with Crippen LogP contribution in [0.4, 0.5) is 0 Å². The maximum Gasteiger partial charge on any atom is 0.236 e. The Morgan fingerprint density at radius 2 is 2.40 bits per heavy atom. The molecule has 2 unspecified atom stereocenters. The number of rotatable bonds is 5. The second-order valence-electron chi connectivity index (χ2n) is 3.95. The molecule has 1 aliphatic rings. The fourth-order valence-corrected chi connectivity index (χ4v) is 1.79. The molecule has 0 aliphatic carbocycles. The van der Waals surface area contributed by atoms with Crippen LogP contribution in [0.5, 0.6) is 0 Å². The molecule has 0 saturated carbocycles. The number of likely N-dealkylation sites (tertiary alicyclic amines) is 1. The van der Waals surface area contributed by atoms with Gasteiger partial charge in [-0.25, -0.2) is 0 Å². The second kappa shape index (κ2) is 6.05. The van der Waals surface area contributed by atoms with E-state index in [4.69, 9.17) is 10.5 Å². The average Bonchev–Trinajstić information content (AvgIpc) is 2.55. The molecule has 1 rings (SSSR count). The van der Waals surface area contributed by atoms with Crippen LogP contribution in [0.2, 0.25) is 0 Å². The average molecular weight is 215 g/mol. The molecule has 1 fully saturated rings. The van der Waals surface area contributed by atoms with Crippen molar-refractivity contribution in [2.75, 3.05) is 33.4 Å². The van der Waals surface area contributed by atoms with Crippen LogP contribution in [0.1, 0.15) is 13.3 Å². The van der Waals surface area contributed by atoms with Gasteiger partial charge < -0.3 is 20.7 Å². The van der Waals surface area contributed by atoms with Crippen molar-refractivity contribution >= 4 is 5.91 Å². The molecule has 0 aromatic carbocycles. The highest BCUT2D eigenvalue weighted by atomic mass is 16.5. The van der Waals surface area contributed by atoms with Crippen molar-refractivity contribution in [3.8, 4) is 0 Å². The van der Waals surface area contributed by atoms with Crippen molar-refractivity contribution in [3.05, 3.63) is 0 Å². The van der Waals surface area contributed by atoms with Crippen LogP contribution in [-0.2, 0) is 9.53 Å². The van der Waals surface area contributed by atoms with Crippen molar-refractivity contribution in [2.45, 2.75) is 25.4 Å². The summed E-state index contributed by atoms with van der Waals surface area (Å²) < 4.78 is 4.88. The number of nitrogens with one attached hydrogen (secondary N) is 1. The third-order valence-electron chi connectivity index (χ3n) is 2.89. The molecule has 0 aromatic heterocycles. The predicted octanol–water partition coefficient (Wildman–Crippen LogP) is -0.829. The maximum atomic E-state index is 11.7. The lowest BCUT2D eigenvalue weighted by molar-refractivity contribution is -0.130. The summed E-state index contributed by atoms with van der Waals surface area (Å²) in [6.07, 6.45) is 0.908. The molecule has 1 aliphatic heterocycles. The van der Waals surface area contributed by atoms with Gasteiger partial charge in [0, 0.05) is 32.3 Å². The minimum atomic E-state index is 0.131. The van der Waals surface area contributed by atoms with E-state index in [1.54, 1.807) is 7.11 Å². The van der Waals surface area contributed by atoms with E-state index in [1.165, 1.54) is 0 Å². The molecule has 15 heavy (non-hydrogen) atoms. The highest BCUT2D eigenvalue weighted by Gasteiger charge is 2.30. The lowest BCUT2D eigenvalue weighted by Gasteiger charge is -2.23. The Labute approximate surface area is 90.9 Å². The standard InChI is InChI=1S/C10H21N3O2/c1-8-9(11)3-5-13(8)10(14)7-12-4-6-15-2/h8-9,12H,3-7,11H2,1-2H3. The van der Waals surface area contributed by atoms with Gasteiger partial charge in [-0.1, -0.05) is 0 Å². The molecule has 5 nitrogen and oxygen atoms in total.